The average molecular weight is 902 g/mol. The fourth-order valence-corrected chi connectivity index (χ4v) is 11.7. The molecule has 7 heteroatoms. The third-order valence-corrected chi connectivity index (χ3v) is 17.0. The van der Waals surface area contributed by atoms with E-state index >= 15 is 0 Å². The summed E-state index contributed by atoms with van der Waals surface area (Å²) < 4.78 is 12.7. The van der Waals surface area contributed by atoms with Gasteiger partial charge in [0, 0.05) is 46.0 Å². The smallest absolute Gasteiger partial charge is 0.0488 e. The molecule has 0 bridgehead atoms. The van der Waals surface area contributed by atoms with Gasteiger partial charge in [0.1, 0.15) is 0 Å². The minimum atomic E-state index is -1.58. The van der Waals surface area contributed by atoms with Gasteiger partial charge in [-0.05, 0) is 141 Å². The third kappa shape index (κ3) is 7.92. The SMILES string of the molecule is O=P(c1ccc2cc(-c3ccc4cc(-c5cc(N(c6ccccc6)c6ccccc6)cc(N(c6ccccc6)c6ccccc6)c5)ccc4c3)ccc2c1)=[S-](=S)I. The van der Waals surface area contributed by atoms with Crippen molar-refractivity contribution in [1.29, 1.82) is 0 Å². The van der Waals surface area contributed by atoms with E-state index in [0.717, 1.165) is 72.5 Å². The summed E-state index contributed by atoms with van der Waals surface area (Å²) in [6, 6.07) is 75.2. The predicted molar refractivity (Wildman–Crippen MR) is 258 cm³/mol. The minimum Gasteiger partial charge on any atom is -0.310 e. The molecule has 9 rings (SSSR count). The molecule has 0 saturated carbocycles. The van der Waals surface area contributed by atoms with E-state index in [2.05, 4.69) is 231 Å². The first-order valence-corrected chi connectivity index (χ1v) is 25.1. The highest BCUT2D eigenvalue weighted by Crippen LogP contribution is 2.43. The van der Waals surface area contributed by atoms with E-state index in [9.17, 15) is 4.57 Å². The Morgan fingerprint density at radius 3 is 1.07 bits per heavy atom. The third-order valence-electron chi connectivity index (χ3n) is 10.1. The highest BCUT2D eigenvalue weighted by atomic mass is 127. The number of hydrogen-bond acceptors (Lipinski definition) is 5. The van der Waals surface area contributed by atoms with Crippen LogP contribution in [0, 0.1) is 0 Å². The molecule has 0 aromatic heterocycles. The number of nitrogens with zero attached hydrogens (tertiary/aromatic N) is 2. The van der Waals surface area contributed by atoms with Gasteiger partial charge in [-0.15, -0.1) is 0 Å². The van der Waals surface area contributed by atoms with Gasteiger partial charge < -0.3 is 14.4 Å². The second-order valence-electron chi connectivity index (χ2n) is 13.7. The second kappa shape index (κ2) is 16.5. The van der Waals surface area contributed by atoms with Gasteiger partial charge in [-0.2, -0.15) is 0 Å². The predicted octanol–water partition coefficient (Wildman–Crippen LogP) is 15.1. The fourth-order valence-electron chi connectivity index (χ4n) is 7.44. The Labute approximate surface area is 352 Å². The molecule has 0 saturated heterocycles. The maximum atomic E-state index is 12.7. The number of hydrogen-bond donors (Lipinski definition) is 0. The van der Waals surface area contributed by atoms with Gasteiger partial charge in [-0.1, -0.05) is 115 Å². The Bertz CT molecular complexity index is 2840. The van der Waals surface area contributed by atoms with Crippen molar-refractivity contribution in [2.45, 2.75) is 0 Å². The number of halogens is 1. The van der Waals surface area contributed by atoms with Crippen LogP contribution in [0.5, 0.6) is 0 Å². The summed E-state index contributed by atoms with van der Waals surface area (Å²) in [4.78, 5) is 4.66. The minimum absolute atomic E-state index is 0.597. The lowest BCUT2D eigenvalue weighted by atomic mass is 9.96. The normalized spacial score (nSPS) is 12.0. The summed E-state index contributed by atoms with van der Waals surface area (Å²) in [5, 5.41) is 5.34. The average Bonchev–Trinajstić information content (AvgIpc) is 3.27. The van der Waals surface area contributed by atoms with Crippen molar-refractivity contribution in [2.75, 3.05) is 9.80 Å². The van der Waals surface area contributed by atoms with Crippen LogP contribution in [0.1, 0.15) is 0 Å². The van der Waals surface area contributed by atoms with Crippen LogP contribution in [-0.2, 0) is 21.6 Å². The molecule has 0 N–H and O–H groups in total. The summed E-state index contributed by atoms with van der Waals surface area (Å²) in [5.41, 5.74) is 11.0. The van der Waals surface area contributed by atoms with E-state index in [4.69, 9.17) is 11.2 Å². The molecule has 9 aromatic rings. The van der Waals surface area contributed by atoms with Crippen molar-refractivity contribution in [3.05, 3.63) is 212 Å². The topological polar surface area (TPSA) is 23.6 Å². The fraction of sp³-hybridized carbons (Fsp3) is 0. The number of para-hydroxylation sites is 4. The van der Waals surface area contributed by atoms with E-state index in [0.29, 0.717) is 0 Å². The Balaban J connectivity index is 1.17. The number of anilines is 6. The standard InChI is InChI=1S/C50H35IN2OPS2/c51-57(56)55(54)50-28-27-40-30-38(24-26-42(40)34-50)36-21-22-39-31-41(25-23-37(39)29-36)43-32-48(52(44-13-5-1-6-14-44)45-15-7-2-8-16-45)35-49(33-43)53(46-17-9-3-10-18-46)47-19-11-4-12-20-47/h1-35H/q-1. The number of rotatable bonds is 9. The van der Waals surface area contributed by atoms with E-state index in [1.165, 1.54) is 10.8 Å². The summed E-state index contributed by atoms with van der Waals surface area (Å²) in [7, 11) is 0. The molecule has 0 spiro atoms. The molecular formula is C50H35IN2OPS2-. The summed E-state index contributed by atoms with van der Waals surface area (Å²) in [5.74, 6) is -0.597. The molecule has 0 fully saturated rings. The zero-order valence-corrected chi connectivity index (χ0v) is 35.3. The van der Waals surface area contributed by atoms with Gasteiger partial charge in [0.05, 0.1) is 0 Å². The highest BCUT2D eigenvalue weighted by molar-refractivity contribution is 14.2. The Kier molecular flexibility index (Phi) is 10.8. The van der Waals surface area contributed by atoms with Crippen LogP contribution in [-0.4, -0.2) is 0 Å². The Hall–Kier alpha value is -5.50. The van der Waals surface area contributed by atoms with Gasteiger partial charge in [0.2, 0.25) is 0 Å². The zero-order valence-electron chi connectivity index (χ0n) is 30.7. The molecular weight excluding hydrogens is 867 g/mol. The first-order valence-electron chi connectivity index (χ1n) is 18.6. The second-order valence-corrected chi connectivity index (χ2v) is 25.5. The highest BCUT2D eigenvalue weighted by Gasteiger charge is 2.19. The first-order chi connectivity index (χ1) is 28.0. The molecule has 276 valence electrons. The number of fused-ring (bicyclic) bond motifs is 2. The van der Waals surface area contributed by atoms with Crippen LogP contribution in [0.15, 0.2) is 212 Å². The first kappa shape index (κ1) is 37.1. The quantitative estimate of drug-likeness (QED) is 0.0623. The van der Waals surface area contributed by atoms with E-state index in [1.807, 2.05) is 12.1 Å². The molecule has 0 heterocycles. The van der Waals surface area contributed by atoms with Crippen molar-refractivity contribution in [3.63, 3.8) is 0 Å². The Morgan fingerprint density at radius 1 is 0.368 bits per heavy atom. The van der Waals surface area contributed by atoms with Crippen LogP contribution in [0.2, 0.25) is 0 Å². The zero-order chi connectivity index (χ0) is 38.7. The summed E-state index contributed by atoms with van der Waals surface area (Å²) in [6.07, 6.45) is 0. The van der Waals surface area contributed by atoms with Crippen LogP contribution in [0.25, 0.3) is 43.8 Å². The van der Waals surface area contributed by atoms with Crippen molar-refractivity contribution in [1.82, 2.24) is 0 Å². The molecule has 9 aromatic carbocycles. The lowest BCUT2D eigenvalue weighted by Gasteiger charge is -2.30. The van der Waals surface area contributed by atoms with E-state index in [1.54, 1.807) is 0 Å². The molecule has 0 amide bonds. The Morgan fingerprint density at radius 2 is 0.702 bits per heavy atom. The molecule has 57 heavy (non-hydrogen) atoms. The van der Waals surface area contributed by atoms with Gasteiger partial charge >= 0.3 is 0 Å². The van der Waals surface area contributed by atoms with Crippen LogP contribution < -0.4 is 15.1 Å². The van der Waals surface area contributed by atoms with Crippen LogP contribution >= 0.6 is 27.8 Å². The van der Waals surface area contributed by atoms with Crippen LogP contribution in [0.4, 0.5) is 34.1 Å². The van der Waals surface area contributed by atoms with Crippen molar-refractivity contribution >= 4 is 106 Å². The van der Waals surface area contributed by atoms with Crippen molar-refractivity contribution in [2.24, 2.45) is 0 Å². The van der Waals surface area contributed by atoms with Gasteiger partial charge in [0.15, 0.2) is 0 Å². The van der Waals surface area contributed by atoms with Crippen LogP contribution in [0.3, 0.4) is 0 Å². The van der Waals surface area contributed by atoms with Gasteiger partial charge in [-0.3, -0.25) is 17.0 Å². The molecule has 1 atom stereocenters. The van der Waals surface area contributed by atoms with Crippen molar-refractivity contribution in [3.8, 4) is 22.3 Å². The molecule has 3 nitrogen and oxygen atoms in total. The number of benzene rings is 9. The monoisotopic (exact) mass is 901 g/mol. The maximum Gasteiger partial charge on any atom is 0.0488 e. The summed E-state index contributed by atoms with van der Waals surface area (Å²) in [6.45, 7) is -1.58. The largest absolute Gasteiger partial charge is 0.310 e. The summed E-state index contributed by atoms with van der Waals surface area (Å²) >= 11 is 7.39. The van der Waals surface area contributed by atoms with E-state index < -0.39 is 12.4 Å². The van der Waals surface area contributed by atoms with E-state index in [-0.39, 0.29) is 0 Å². The molecule has 0 aliphatic heterocycles. The molecule has 0 radical (unpaired) electrons. The van der Waals surface area contributed by atoms with Crippen molar-refractivity contribution < 1.29 is 4.57 Å². The lowest BCUT2D eigenvalue weighted by molar-refractivity contribution is 0.602. The maximum absolute atomic E-state index is 12.7. The molecule has 1 unspecified atom stereocenters. The lowest BCUT2D eigenvalue weighted by Crippen LogP contribution is -2.13. The molecule has 0 aliphatic carbocycles. The molecule has 0 aliphatic rings. The van der Waals surface area contributed by atoms with Gasteiger partial charge in [-0.25, -0.2) is 21.2 Å². The van der Waals surface area contributed by atoms with Gasteiger partial charge in [0.25, 0.3) is 0 Å².